The lowest BCUT2D eigenvalue weighted by atomic mass is 10.0. The summed E-state index contributed by atoms with van der Waals surface area (Å²) in [5.41, 5.74) is 6.34. The minimum Gasteiger partial charge on any atom is -0.368 e. The molecule has 0 aliphatic carbocycles. The monoisotopic (exact) mass is 275 g/mol. The molecule has 0 saturated carbocycles. The number of benzene rings is 1. The van der Waals surface area contributed by atoms with E-state index in [1.54, 1.807) is 6.92 Å². The third-order valence-corrected chi connectivity index (χ3v) is 3.70. The summed E-state index contributed by atoms with van der Waals surface area (Å²) in [5, 5.41) is 6.03. The predicted octanol–water partition coefficient (Wildman–Crippen LogP) is 0.860. The molecule has 0 aromatic heterocycles. The van der Waals surface area contributed by atoms with Crippen LogP contribution in [0.15, 0.2) is 30.3 Å². The largest absolute Gasteiger partial charge is 0.368 e. The fraction of sp³-hybridized carbons (Fsp3) is 0.467. The highest BCUT2D eigenvalue weighted by atomic mass is 16.2. The summed E-state index contributed by atoms with van der Waals surface area (Å²) in [6.07, 6.45) is 2.53. The van der Waals surface area contributed by atoms with Crippen LogP contribution in [0.4, 0.5) is 0 Å². The molecule has 5 heteroatoms. The van der Waals surface area contributed by atoms with Gasteiger partial charge in [-0.15, -0.1) is 0 Å². The maximum Gasteiger partial charge on any atom is 0.237 e. The van der Waals surface area contributed by atoms with Crippen molar-refractivity contribution in [1.82, 2.24) is 10.6 Å². The molecule has 1 heterocycles. The van der Waals surface area contributed by atoms with Gasteiger partial charge in [-0.2, -0.15) is 0 Å². The lowest BCUT2D eigenvalue weighted by Gasteiger charge is -2.20. The second-order valence-electron chi connectivity index (χ2n) is 5.25. The first-order valence-electron chi connectivity index (χ1n) is 6.98. The molecule has 1 aliphatic heterocycles. The first kappa shape index (κ1) is 14.5. The van der Waals surface area contributed by atoms with Crippen molar-refractivity contribution in [3.05, 3.63) is 35.9 Å². The van der Waals surface area contributed by atoms with Gasteiger partial charge in [0.1, 0.15) is 0 Å². The zero-order chi connectivity index (χ0) is 14.5. The predicted molar refractivity (Wildman–Crippen MR) is 76.8 cm³/mol. The Kier molecular flexibility index (Phi) is 4.74. The molecule has 1 aliphatic rings. The van der Waals surface area contributed by atoms with Crippen LogP contribution in [0, 0.1) is 0 Å². The van der Waals surface area contributed by atoms with Crippen molar-refractivity contribution < 1.29 is 9.59 Å². The van der Waals surface area contributed by atoms with E-state index >= 15 is 0 Å². The summed E-state index contributed by atoms with van der Waals surface area (Å²) in [6, 6.07) is 9.12. The van der Waals surface area contributed by atoms with E-state index in [9.17, 15) is 9.59 Å². The first-order chi connectivity index (χ1) is 9.58. The van der Waals surface area contributed by atoms with E-state index in [1.807, 2.05) is 30.3 Å². The standard InChI is InChI=1S/C15H21N3O2/c1-10(14(16)19)17-13-9-5-8-12(18-15(13)20)11-6-3-2-4-7-11/h2-4,6-7,10,12-13,17H,5,8-9H2,1H3,(H2,16,19)(H,18,20)/t10-,12-,13-/m0/s1. The van der Waals surface area contributed by atoms with E-state index in [0.717, 1.165) is 18.4 Å². The number of nitrogens with two attached hydrogens (primary N) is 1. The van der Waals surface area contributed by atoms with Gasteiger partial charge in [0, 0.05) is 0 Å². The fourth-order valence-corrected chi connectivity index (χ4v) is 2.48. The van der Waals surface area contributed by atoms with Crippen LogP contribution in [0.3, 0.4) is 0 Å². The van der Waals surface area contributed by atoms with Gasteiger partial charge >= 0.3 is 0 Å². The van der Waals surface area contributed by atoms with Gasteiger partial charge in [-0.1, -0.05) is 30.3 Å². The van der Waals surface area contributed by atoms with Crippen LogP contribution in [0.2, 0.25) is 0 Å². The third kappa shape index (κ3) is 3.57. The van der Waals surface area contributed by atoms with Crippen molar-refractivity contribution in [3.63, 3.8) is 0 Å². The summed E-state index contributed by atoms with van der Waals surface area (Å²) >= 11 is 0. The summed E-state index contributed by atoms with van der Waals surface area (Å²) in [7, 11) is 0. The summed E-state index contributed by atoms with van der Waals surface area (Å²) in [4.78, 5) is 23.3. The van der Waals surface area contributed by atoms with Gasteiger partial charge in [-0.25, -0.2) is 0 Å². The van der Waals surface area contributed by atoms with E-state index in [4.69, 9.17) is 5.73 Å². The number of hydrogen-bond donors (Lipinski definition) is 3. The van der Waals surface area contributed by atoms with Crippen molar-refractivity contribution in [2.24, 2.45) is 5.73 Å². The van der Waals surface area contributed by atoms with Crippen molar-refractivity contribution in [2.45, 2.75) is 44.3 Å². The van der Waals surface area contributed by atoms with Gasteiger partial charge in [0.25, 0.3) is 0 Å². The van der Waals surface area contributed by atoms with Gasteiger partial charge in [0.05, 0.1) is 18.1 Å². The fourth-order valence-electron chi connectivity index (χ4n) is 2.48. The Morgan fingerprint density at radius 1 is 1.35 bits per heavy atom. The van der Waals surface area contributed by atoms with Crippen molar-refractivity contribution in [2.75, 3.05) is 0 Å². The molecule has 2 amide bonds. The summed E-state index contributed by atoms with van der Waals surface area (Å²) in [6.45, 7) is 1.68. The zero-order valence-corrected chi connectivity index (χ0v) is 11.6. The Hall–Kier alpha value is -1.88. The van der Waals surface area contributed by atoms with Crippen LogP contribution in [0.1, 0.15) is 37.8 Å². The molecule has 5 nitrogen and oxygen atoms in total. The maximum atomic E-state index is 12.2. The first-order valence-corrected chi connectivity index (χ1v) is 6.98. The summed E-state index contributed by atoms with van der Waals surface area (Å²) in [5.74, 6) is -0.508. The molecule has 1 aromatic rings. The average Bonchev–Trinajstić information content (AvgIpc) is 2.62. The van der Waals surface area contributed by atoms with Crippen molar-refractivity contribution in [1.29, 1.82) is 0 Å². The molecule has 4 N–H and O–H groups in total. The number of primary amides is 1. The Bertz CT molecular complexity index is 475. The summed E-state index contributed by atoms with van der Waals surface area (Å²) < 4.78 is 0. The van der Waals surface area contributed by atoms with Crippen LogP contribution in [-0.4, -0.2) is 23.9 Å². The van der Waals surface area contributed by atoms with Gasteiger partial charge in [0.15, 0.2) is 0 Å². The molecule has 0 bridgehead atoms. The van der Waals surface area contributed by atoms with E-state index in [1.165, 1.54) is 0 Å². The molecule has 0 unspecified atom stereocenters. The highest BCUT2D eigenvalue weighted by Gasteiger charge is 2.27. The number of hydrogen-bond acceptors (Lipinski definition) is 3. The van der Waals surface area contributed by atoms with Gasteiger partial charge in [-0.3, -0.25) is 14.9 Å². The quantitative estimate of drug-likeness (QED) is 0.762. The van der Waals surface area contributed by atoms with Crippen LogP contribution >= 0.6 is 0 Å². The Balaban J connectivity index is 2.02. The van der Waals surface area contributed by atoms with E-state index < -0.39 is 11.9 Å². The van der Waals surface area contributed by atoms with Crippen LogP contribution in [0.25, 0.3) is 0 Å². The van der Waals surface area contributed by atoms with E-state index in [-0.39, 0.29) is 18.0 Å². The highest BCUT2D eigenvalue weighted by molar-refractivity contribution is 5.84. The average molecular weight is 275 g/mol. The van der Waals surface area contributed by atoms with Crippen LogP contribution in [-0.2, 0) is 9.59 Å². The molecule has 0 spiro atoms. The van der Waals surface area contributed by atoms with Gasteiger partial charge in [-0.05, 0) is 31.7 Å². The minimum atomic E-state index is -0.501. The normalized spacial score (nSPS) is 24.6. The molecule has 3 atom stereocenters. The number of rotatable bonds is 4. The molecule has 20 heavy (non-hydrogen) atoms. The molecule has 1 fully saturated rings. The van der Waals surface area contributed by atoms with Gasteiger partial charge < -0.3 is 11.1 Å². The molecule has 108 valence electrons. The molecule has 0 radical (unpaired) electrons. The maximum absolute atomic E-state index is 12.2. The lowest BCUT2D eigenvalue weighted by Crippen LogP contribution is -2.50. The lowest BCUT2D eigenvalue weighted by molar-refractivity contribution is -0.124. The van der Waals surface area contributed by atoms with Gasteiger partial charge in [0.2, 0.25) is 11.8 Å². The third-order valence-electron chi connectivity index (χ3n) is 3.70. The highest BCUT2D eigenvalue weighted by Crippen LogP contribution is 2.23. The van der Waals surface area contributed by atoms with Crippen molar-refractivity contribution in [3.8, 4) is 0 Å². The molecule has 2 rings (SSSR count). The number of amides is 2. The molecular formula is C15H21N3O2. The number of nitrogens with one attached hydrogen (secondary N) is 2. The topological polar surface area (TPSA) is 84.2 Å². The van der Waals surface area contributed by atoms with E-state index in [0.29, 0.717) is 6.42 Å². The zero-order valence-electron chi connectivity index (χ0n) is 11.6. The molecule has 1 aromatic carbocycles. The Morgan fingerprint density at radius 3 is 2.70 bits per heavy atom. The Morgan fingerprint density at radius 2 is 2.05 bits per heavy atom. The Labute approximate surface area is 118 Å². The second kappa shape index (κ2) is 6.52. The van der Waals surface area contributed by atoms with Crippen LogP contribution < -0.4 is 16.4 Å². The second-order valence-corrected chi connectivity index (χ2v) is 5.25. The molecule has 1 saturated heterocycles. The van der Waals surface area contributed by atoms with E-state index in [2.05, 4.69) is 10.6 Å². The number of carbonyl (C=O) groups excluding carboxylic acids is 2. The smallest absolute Gasteiger partial charge is 0.237 e. The molecular weight excluding hydrogens is 254 g/mol. The minimum absolute atomic E-state index is 0.0411. The number of carbonyl (C=O) groups is 2. The SMILES string of the molecule is C[C@H](N[C@H]1CCC[C@@H](c2ccccc2)NC1=O)C(N)=O. The van der Waals surface area contributed by atoms with Crippen LogP contribution in [0.5, 0.6) is 0 Å². The van der Waals surface area contributed by atoms with Crippen molar-refractivity contribution >= 4 is 11.8 Å².